The van der Waals surface area contributed by atoms with Gasteiger partial charge in [-0.05, 0) is 30.9 Å². The normalized spacial score (nSPS) is 15.5. The molecule has 0 aliphatic carbocycles. The van der Waals surface area contributed by atoms with Gasteiger partial charge in [0.1, 0.15) is 11.3 Å². The van der Waals surface area contributed by atoms with E-state index in [-0.39, 0.29) is 11.8 Å². The summed E-state index contributed by atoms with van der Waals surface area (Å²) in [5.41, 5.74) is -0.307. The summed E-state index contributed by atoms with van der Waals surface area (Å²) in [6.07, 6.45) is -0.144. The zero-order chi connectivity index (χ0) is 19.7. The highest BCUT2D eigenvalue weighted by molar-refractivity contribution is 5.96. The van der Waals surface area contributed by atoms with Gasteiger partial charge in [-0.3, -0.25) is 14.2 Å². The lowest BCUT2D eigenvalue weighted by atomic mass is 9.96. The first-order valence-corrected chi connectivity index (χ1v) is 9.13. The van der Waals surface area contributed by atoms with E-state index in [1.165, 1.54) is 10.9 Å². The Balaban J connectivity index is 1.38. The lowest BCUT2D eigenvalue weighted by molar-refractivity contribution is 0.0652. The highest BCUT2D eigenvalue weighted by atomic mass is 19.3. The third kappa shape index (κ3) is 3.67. The average molecular weight is 387 g/mol. The zero-order valence-electron chi connectivity index (χ0n) is 15.1. The average Bonchev–Trinajstić information content (AvgIpc) is 3.13. The van der Waals surface area contributed by atoms with Crippen LogP contribution in [0.1, 0.15) is 35.5 Å². The minimum atomic E-state index is -2.75. The van der Waals surface area contributed by atoms with Gasteiger partial charge in [0.15, 0.2) is 5.76 Å². The van der Waals surface area contributed by atoms with Crippen LogP contribution in [0.4, 0.5) is 8.78 Å². The molecule has 0 atom stereocenters. The highest BCUT2D eigenvalue weighted by Gasteiger charge is 2.26. The molecule has 1 aliphatic rings. The summed E-state index contributed by atoms with van der Waals surface area (Å²) in [5.74, 6) is 0.356. The summed E-state index contributed by atoms with van der Waals surface area (Å²) in [6.45, 7) is 1.51. The molecule has 2 aromatic heterocycles. The maximum absolute atomic E-state index is 12.7. The number of benzene rings is 1. The molecule has 1 fully saturated rings. The van der Waals surface area contributed by atoms with E-state index >= 15 is 0 Å². The van der Waals surface area contributed by atoms with Crippen molar-refractivity contribution in [1.29, 1.82) is 0 Å². The Morgan fingerprint density at radius 1 is 1.21 bits per heavy atom. The number of furan rings is 1. The molecule has 146 valence electrons. The Bertz CT molecular complexity index is 1020. The standard InChI is InChI=1S/C20H19F2N3O3/c21-19(22)15-10-18(26)25(12-23-15)11-13-5-7-24(8-6-13)20(27)17-9-14-3-1-2-4-16(14)28-17/h1-4,9-10,12-13,19H,5-8,11H2. The van der Waals surface area contributed by atoms with Gasteiger partial charge in [0.25, 0.3) is 17.9 Å². The summed E-state index contributed by atoms with van der Waals surface area (Å²) in [7, 11) is 0. The number of nitrogens with zero attached hydrogens (tertiary/aromatic N) is 3. The molecule has 3 heterocycles. The fourth-order valence-electron chi connectivity index (χ4n) is 3.54. The van der Waals surface area contributed by atoms with E-state index in [1.807, 2.05) is 24.3 Å². The van der Waals surface area contributed by atoms with Crippen LogP contribution in [0.15, 0.2) is 51.9 Å². The van der Waals surface area contributed by atoms with Crippen LogP contribution in [0.5, 0.6) is 0 Å². The topological polar surface area (TPSA) is 68.3 Å². The van der Waals surface area contributed by atoms with E-state index in [1.54, 1.807) is 11.0 Å². The van der Waals surface area contributed by atoms with Gasteiger partial charge in [0.2, 0.25) is 0 Å². The largest absolute Gasteiger partial charge is 0.451 e. The summed E-state index contributed by atoms with van der Waals surface area (Å²) in [5, 5.41) is 0.889. The van der Waals surface area contributed by atoms with E-state index in [9.17, 15) is 18.4 Å². The van der Waals surface area contributed by atoms with Crippen molar-refractivity contribution < 1.29 is 18.0 Å². The van der Waals surface area contributed by atoms with E-state index < -0.39 is 17.7 Å². The third-order valence-electron chi connectivity index (χ3n) is 5.12. The van der Waals surface area contributed by atoms with Crippen LogP contribution in [0.25, 0.3) is 11.0 Å². The predicted octanol–water partition coefficient (Wildman–Crippen LogP) is 3.48. The smallest absolute Gasteiger partial charge is 0.289 e. The minimum absolute atomic E-state index is 0.144. The van der Waals surface area contributed by atoms with Gasteiger partial charge in [0.05, 0.1) is 6.33 Å². The molecule has 1 amide bonds. The quantitative estimate of drug-likeness (QED) is 0.687. The second kappa shape index (κ2) is 7.53. The molecular formula is C20H19F2N3O3. The molecule has 3 aromatic rings. The first-order valence-electron chi connectivity index (χ1n) is 9.13. The molecule has 0 spiro atoms. The number of fused-ring (bicyclic) bond motifs is 1. The molecule has 1 aromatic carbocycles. The number of carbonyl (C=O) groups is 1. The van der Waals surface area contributed by atoms with Gasteiger partial charge >= 0.3 is 0 Å². The number of hydrogen-bond acceptors (Lipinski definition) is 4. The second-order valence-electron chi connectivity index (χ2n) is 6.99. The SMILES string of the molecule is O=C(c1cc2ccccc2o1)N1CCC(Cn2cnc(C(F)F)cc2=O)CC1. The Morgan fingerprint density at radius 3 is 2.64 bits per heavy atom. The number of halogens is 2. The number of aromatic nitrogens is 2. The first-order chi connectivity index (χ1) is 13.5. The maximum Gasteiger partial charge on any atom is 0.289 e. The number of para-hydroxylation sites is 1. The fraction of sp³-hybridized carbons (Fsp3) is 0.350. The molecule has 8 heteroatoms. The molecule has 28 heavy (non-hydrogen) atoms. The van der Waals surface area contributed by atoms with Gasteiger partial charge in [-0.1, -0.05) is 18.2 Å². The number of carbonyl (C=O) groups excluding carboxylic acids is 1. The number of rotatable bonds is 4. The van der Waals surface area contributed by atoms with Gasteiger partial charge in [-0.15, -0.1) is 0 Å². The lowest BCUT2D eigenvalue weighted by Crippen LogP contribution is -2.40. The predicted molar refractivity (Wildman–Crippen MR) is 98.3 cm³/mol. The number of piperidine rings is 1. The second-order valence-corrected chi connectivity index (χ2v) is 6.99. The fourth-order valence-corrected chi connectivity index (χ4v) is 3.54. The lowest BCUT2D eigenvalue weighted by Gasteiger charge is -2.31. The van der Waals surface area contributed by atoms with Crippen LogP contribution in [-0.2, 0) is 6.54 Å². The van der Waals surface area contributed by atoms with Crippen molar-refractivity contribution >= 4 is 16.9 Å². The van der Waals surface area contributed by atoms with E-state index in [2.05, 4.69) is 4.98 Å². The molecule has 0 radical (unpaired) electrons. The highest BCUT2D eigenvalue weighted by Crippen LogP contribution is 2.24. The minimum Gasteiger partial charge on any atom is -0.451 e. The van der Waals surface area contributed by atoms with Gasteiger partial charge in [-0.25, -0.2) is 13.8 Å². The molecule has 0 unspecified atom stereocenters. The Morgan fingerprint density at radius 2 is 1.96 bits per heavy atom. The molecule has 0 saturated carbocycles. The van der Waals surface area contributed by atoms with Crippen molar-refractivity contribution in [2.75, 3.05) is 13.1 Å². The maximum atomic E-state index is 12.7. The number of likely N-dealkylation sites (tertiary alicyclic amines) is 1. The summed E-state index contributed by atoms with van der Waals surface area (Å²) < 4.78 is 32.2. The van der Waals surface area contributed by atoms with Crippen molar-refractivity contribution in [3.63, 3.8) is 0 Å². The van der Waals surface area contributed by atoms with Crippen LogP contribution in [0.2, 0.25) is 0 Å². The van der Waals surface area contributed by atoms with Crippen LogP contribution in [0, 0.1) is 5.92 Å². The van der Waals surface area contributed by atoms with Crippen molar-refractivity contribution in [1.82, 2.24) is 14.5 Å². The molecule has 1 saturated heterocycles. The van der Waals surface area contributed by atoms with Gasteiger partial charge < -0.3 is 9.32 Å². The summed E-state index contributed by atoms with van der Waals surface area (Å²) in [4.78, 5) is 30.0. The molecule has 4 rings (SSSR count). The van der Waals surface area contributed by atoms with Gasteiger partial charge in [0, 0.05) is 31.1 Å². The molecule has 0 bridgehead atoms. The van der Waals surface area contributed by atoms with Crippen molar-refractivity contribution in [3.8, 4) is 0 Å². The van der Waals surface area contributed by atoms with E-state index in [0.29, 0.717) is 31.0 Å². The van der Waals surface area contributed by atoms with Gasteiger partial charge in [-0.2, -0.15) is 0 Å². The van der Waals surface area contributed by atoms with Crippen molar-refractivity contribution in [2.45, 2.75) is 25.8 Å². The third-order valence-corrected chi connectivity index (χ3v) is 5.12. The molecular weight excluding hydrogens is 368 g/mol. The van der Waals surface area contributed by atoms with Crippen LogP contribution in [0.3, 0.4) is 0 Å². The number of alkyl halides is 2. The van der Waals surface area contributed by atoms with Crippen LogP contribution in [-0.4, -0.2) is 33.4 Å². The molecule has 0 N–H and O–H groups in total. The number of hydrogen-bond donors (Lipinski definition) is 0. The van der Waals surface area contributed by atoms with E-state index in [4.69, 9.17) is 4.42 Å². The number of amides is 1. The molecule has 6 nitrogen and oxygen atoms in total. The first kappa shape index (κ1) is 18.3. The van der Waals surface area contributed by atoms with E-state index in [0.717, 1.165) is 24.3 Å². The monoisotopic (exact) mass is 387 g/mol. The Labute approximate surface area is 159 Å². The van der Waals surface area contributed by atoms with Crippen molar-refractivity contribution in [2.24, 2.45) is 5.92 Å². The zero-order valence-corrected chi connectivity index (χ0v) is 15.1. The van der Waals surface area contributed by atoms with Crippen LogP contribution >= 0.6 is 0 Å². The molecule has 1 aliphatic heterocycles. The Hall–Kier alpha value is -3.03. The summed E-state index contributed by atoms with van der Waals surface area (Å²) >= 11 is 0. The van der Waals surface area contributed by atoms with Crippen LogP contribution < -0.4 is 5.56 Å². The summed E-state index contributed by atoms with van der Waals surface area (Å²) in [6, 6.07) is 10.1. The van der Waals surface area contributed by atoms with Crippen molar-refractivity contribution in [3.05, 3.63) is 64.5 Å². The Kier molecular flexibility index (Phi) is 4.93.